The van der Waals surface area contributed by atoms with E-state index in [9.17, 15) is 14.7 Å². The van der Waals surface area contributed by atoms with Crippen molar-refractivity contribution in [3.63, 3.8) is 0 Å². The minimum absolute atomic E-state index is 0.0523. The lowest BCUT2D eigenvalue weighted by atomic mass is 9.86. The van der Waals surface area contributed by atoms with Crippen LogP contribution in [0.5, 0.6) is 0 Å². The molecule has 3 aliphatic rings. The second kappa shape index (κ2) is 8.49. The molecule has 1 saturated heterocycles. The third-order valence-electron chi connectivity index (χ3n) is 5.88. The maximum absolute atomic E-state index is 12.7. The van der Waals surface area contributed by atoms with Gasteiger partial charge in [-0.1, -0.05) is 32.1 Å². The van der Waals surface area contributed by atoms with Gasteiger partial charge in [-0.05, 0) is 38.0 Å². The van der Waals surface area contributed by atoms with E-state index in [2.05, 4.69) is 10.6 Å². The second-order valence-electron chi connectivity index (χ2n) is 8.17. The molecule has 2 amide bonds. The van der Waals surface area contributed by atoms with E-state index >= 15 is 0 Å². The molecule has 1 unspecified atom stereocenters. The molecule has 0 spiro atoms. The molecule has 1 aliphatic heterocycles. The van der Waals surface area contributed by atoms with Gasteiger partial charge in [-0.25, -0.2) is 0 Å². The average molecular weight is 351 g/mol. The first-order valence-electron chi connectivity index (χ1n) is 10.1. The lowest BCUT2D eigenvalue weighted by Gasteiger charge is -2.39. The summed E-state index contributed by atoms with van der Waals surface area (Å²) in [5, 5.41) is 16.6. The number of rotatable bonds is 8. The van der Waals surface area contributed by atoms with E-state index in [0.29, 0.717) is 12.5 Å². The van der Waals surface area contributed by atoms with E-state index in [1.807, 2.05) is 4.90 Å². The molecule has 1 heterocycles. The molecular formula is C19H33N3O3. The highest BCUT2D eigenvalue weighted by molar-refractivity contribution is 5.86. The minimum Gasteiger partial charge on any atom is -0.379 e. The Hall–Kier alpha value is -1.14. The summed E-state index contributed by atoms with van der Waals surface area (Å²) in [5.41, 5.74) is -1.36. The number of amides is 2. The van der Waals surface area contributed by atoms with Gasteiger partial charge >= 0.3 is 0 Å². The zero-order valence-corrected chi connectivity index (χ0v) is 15.3. The second-order valence-corrected chi connectivity index (χ2v) is 8.17. The van der Waals surface area contributed by atoms with Crippen LogP contribution in [0, 0.1) is 5.92 Å². The Morgan fingerprint density at radius 3 is 2.64 bits per heavy atom. The van der Waals surface area contributed by atoms with E-state index in [1.54, 1.807) is 0 Å². The fourth-order valence-corrected chi connectivity index (χ4v) is 4.15. The Labute approximate surface area is 150 Å². The van der Waals surface area contributed by atoms with Crippen molar-refractivity contribution in [1.29, 1.82) is 0 Å². The number of aliphatic hydroxyl groups is 1. The van der Waals surface area contributed by atoms with Gasteiger partial charge in [0.1, 0.15) is 0 Å². The molecule has 142 valence electrons. The predicted molar refractivity (Wildman–Crippen MR) is 96.0 cm³/mol. The molecular weight excluding hydrogens is 318 g/mol. The van der Waals surface area contributed by atoms with Crippen LogP contribution >= 0.6 is 0 Å². The first kappa shape index (κ1) is 18.6. The summed E-state index contributed by atoms with van der Waals surface area (Å²) in [4.78, 5) is 26.3. The number of carbonyl (C=O) groups is 2. The Kier molecular flexibility index (Phi) is 6.34. The molecule has 0 aromatic rings. The topological polar surface area (TPSA) is 81.7 Å². The monoisotopic (exact) mass is 351 g/mol. The number of hydrogen-bond donors (Lipinski definition) is 3. The van der Waals surface area contributed by atoms with Gasteiger partial charge in [0.2, 0.25) is 5.91 Å². The third kappa shape index (κ3) is 5.42. The number of likely N-dealkylation sites (tertiary alicyclic amines) is 1. The zero-order chi connectivity index (χ0) is 17.7. The van der Waals surface area contributed by atoms with Gasteiger partial charge in [0.25, 0.3) is 5.91 Å². The number of hydrogen-bond acceptors (Lipinski definition) is 4. The van der Waals surface area contributed by atoms with Gasteiger partial charge < -0.3 is 20.6 Å². The Bertz CT molecular complexity index is 475. The smallest absolute Gasteiger partial charge is 0.255 e. The summed E-state index contributed by atoms with van der Waals surface area (Å²) in [6.07, 6.45) is 11.0. The van der Waals surface area contributed by atoms with E-state index in [0.717, 1.165) is 44.7 Å². The molecule has 0 aromatic carbocycles. The Balaban J connectivity index is 1.41. The molecule has 3 N–H and O–H groups in total. The average Bonchev–Trinajstić information content (AvgIpc) is 3.41. The van der Waals surface area contributed by atoms with Gasteiger partial charge in [0.05, 0.1) is 6.54 Å². The first-order chi connectivity index (χ1) is 12.1. The fraction of sp³-hybridized carbons (Fsp3) is 0.895. The number of carbonyl (C=O) groups excluding carboxylic acids is 2. The summed E-state index contributed by atoms with van der Waals surface area (Å²) >= 11 is 0. The normalized spacial score (nSPS) is 28.2. The molecule has 2 aliphatic carbocycles. The standard InChI is InChI=1S/C19H33N3O3/c23-17(21-16-7-8-16)13-20-14-19(25)10-4-11-22(18(19)24)12-9-15-5-2-1-3-6-15/h15-16,20,25H,1-14H2,(H,21,23). The molecule has 0 radical (unpaired) electrons. The lowest BCUT2D eigenvalue weighted by Crippen LogP contribution is -2.58. The van der Waals surface area contributed by atoms with Crippen LogP contribution in [0.25, 0.3) is 0 Å². The van der Waals surface area contributed by atoms with Crippen LogP contribution in [0.4, 0.5) is 0 Å². The number of piperidine rings is 1. The third-order valence-corrected chi connectivity index (χ3v) is 5.88. The van der Waals surface area contributed by atoms with Crippen molar-refractivity contribution < 1.29 is 14.7 Å². The van der Waals surface area contributed by atoms with Crippen LogP contribution in [0.1, 0.15) is 64.2 Å². The SMILES string of the molecule is O=C(CNCC1(O)CCCN(CCC2CCCCC2)C1=O)NC1CC1. The molecule has 3 fully saturated rings. The van der Waals surface area contributed by atoms with Crippen LogP contribution < -0.4 is 10.6 Å². The van der Waals surface area contributed by atoms with Gasteiger partial charge in [-0.2, -0.15) is 0 Å². The van der Waals surface area contributed by atoms with Crippen molar-refractivity contribution in [2.75, 3.05) is 26.2 Å². The molecule has 3 rings (SSSR count). The maximum Gasteiger partial charge on any atom is 0.255 e. The molecule has 6 heteroatoms. The van der Waals surface area contributed by atoms with Crippen molar-refractivity contribution in [2.45, 2.75) is 75.9 Å². The first-order valence-corrected chi connectivity index (χ1v) is 10.1. The molecule has 1 atom stereocenters. The quantitative estimate of drug-likeness (QED) is 0.613. The van der Waals surface area contributed by atoms with Crippen molar-refractivity contribution in [3.05, 3.63) is 0 Å². The van der Waals surface area contributed by atoms with Gasteiger partial charge in [0.15, 0.2) is 5.60 Å². The van der Waals surface area contributed by atoms with Gasteiger partial charge in [-0.3, -0.25) is 9.59 Å². The van der Waals surface area contributed by atoms with E-state index in [1.165, 1.54) is 32.1 Å². The lowest BCUT2D eigenvalue weighted by molar-refractivity contribution is -0.157. The van der Waals surface area contributed by atoms with Crippen molar-refractivity contribution in [1.82, 2.24) is 15.5 Å². The van der Waals surface area contributed by atoms with Crippen LogP contribution in [-0.4, -0.2) is 59.6 Å². The summed E-state index contributed by atoms with van der Waals surface area (Å²) in [6.45, 7) is 1.82. The van der Waals surface area contributed by atoms with Crippen LogP contribution in [-0.2, 0) is 9.59 Å². The largest absolute Gasteiger partial charge is 0.379 e. The zero-order valence-electron chi connectivity index (χ0n) is 15.3. The summed E-state index contributed by atoms with van der Waals surface area (Å²) in [7, 11) is 0. The van der Waals surface area contributed by atoms with Gasteiger partial charge in [-0.15, -0.1) is 0 Å². The summed E-state index contributed by atoms with van der Waals surface area (Å²) in [6, 6.07) is 0.337. The molecule has 6 nitrogen and oxygen atoms in total. The molecule has 0 bridgehead atoms. The molecule has 0 aromatic heterocycles. The van der Waals surface area contributed by atoms with Crippen LogP contribution in [0.2, 0.25) is 0 Å². The van der Waals surface area contributed by atoms with Crippen molar-refractivity contribution >= 4 is 11.8 Å². The van der Waals surface area contributed by atoms with Gasteiger partial charge in [0, 0.05) is 25.7 Å². The van der Waals surface area contributed by atoms with Crippen molar-refractivity contribution in [2.24, 2.45) is 5.92 Å². The Morgan fingerprint density at radius 1 is 1.16 bits per heavy atom. The summed E-state index contributed by atoms with van der Waals surface area (Å²) < 4.78 is 0. The molecule has 2 saturated carbocycles. The maximum atomic E-state index is 12.7. The van der Waals surface area contributed by atoms with E-state index < -0.39 is 5.60 Å². The summed E-state index contributed by atoms with van der Waals surface area (Å²) in [5.74, 6) is 0.522. The van der Waals surface area contributed by atoms with Crippen LogP contribution in [0.3, 0.4) is 0 Å². The minimum atomic E-state index is -1.36. The highest BCUT2D eigenvalue weighted by Crippen LogP contribution is 2.28. The van der Waals surface area contributed by atoms with E-state index in [-0.39, 0.29) is 24.9 Å². The number of nitrogens with one attached hydrogen (secondary N) is 2. The highest BCUT2D eigenvalue weighted by atomic mass is 16.3. The Morgan fingerprint density at radius 2 is 1.92 bits per heavy atom. The van der Waals surface area contributed by atoms with Crippen LogP contribution in [0.15, 0.2) is 0 Å². The predicted octanol–water partition coefficient (Wildman–Crippen LogP) is 1.18. The molecule has 25 heavy (non-hydrogen) atoms. The number of nitrogens with zero attached hydrogens (tertiary/aromatic N) is 1. The highest BCUT2D eigenvalue weighted by Gasteiger charge is 2.41. The van der Waals surface area contributed by atoms with E-state index in [4.69, 9.17) is 0 Å². The fourth-order valence-electron chi connectivity index (χ4n) is 4.15. The van der Waals surface area contributed by atoms with Crippen molar-refractivity contribution in [3.8, 4) is 0 Å².